The van der Waals surface area contributed by atoms with Crippen LogP contribution in [0.4, 0.5) is 0 Å². The van der Waals surface area contributed by atoms with Crippen LogP contribution in [0.3, 0.4) is 0 Å². The predicted molar refractivity (Wildman–Crippen MR) is 53.7 cm³/mol. The Hall–Kier alpha value is -1.06. The van der Waals surface area contributed by atoms with Crippen molar-refractivity contribution in [2.75, 3.05) is 20.1 Å². The monoisotopic (exact) mass is 198 g/mol. The van der Waals surface area contributed by atoms with Gasteiger partial charge in [0.15, 0.2) is 0 Å². The average Bonchev–Trinajstić information content (AvgIpc) is 2.15. The van der Waals surface area contributed by atoms with Gasteiger partial charge in [-0.3, -0.25) is 9.59 Å². The molecule has 1 heterocycles. The minimum Gasteiger partial charge on any atom is -0.342 e. The Labute approximate surface area is 84.9 Å². The third-order valence-corrected chi connectivity index (χ3v) is 2.66. The maximum Gasteiger partial charge on any atom is 0.244 e. The molecule has 1 unspecified atom stereocenters. The summed E-state index contributed by atoms with van der Waals surface area (Å²) >= 11 is 0. The summed E-state index contributed by atoms with van der Waals surface area (Å²) in [7, 11) is 1.78. The van der Waals surface area contributed by atoms with Crippen LogP contribution in [-0.4, -0.2) is 47.8 Å². The molecule has 1 aliphatic rings. The Kier molecular flexibility index (Phi) is 3.49. The van der Waals surface area contributed by atoms with Gasteiger partial charge in [0, 0.05) is 26.6 Å². The maximum absolute atomic E-state index is 11.6. The van der Waals surface area contributed by atoms with Crippen molar-refractivity contribution in [1.29, 1.82) is 0 Å². The number of carbonyl (C=O) groups excluding carboxylic acids is 2. The van der Waals surface area contributed by atoms with E-state index in [0.29, 0.717) is 19.5 Å². The van der Waals surface area contributed by atoms with Gasteiger partial charge in [0.05, 0.1) is 0 Å². The van der Waals surface area contributed by atoms with Crippen molar-refractivity contribution >= 4 is 11.8 Å². The highest BCUT2D eigenvalue weighted by Crippen LogP contribution is 2.11. The van der Waals surface area contributed by atoms with E-state index in [1.165, 1.54) is 0 Å². The average molecular weight is 198 g/mol. The number of amides is 2. The number of carbonyl (C=O) groups is 2. The highest BCUT2D eigenvalue weighted by atomic mass is 16.2. The second-order valence-electron chi connectivity index (χ2n) is 3.77. The summed E-state index contributed by atoms with van der Waals surface area (Å²) in [6.45, 7) is 5.09. The quantitative estimate of drug-likeness (QED) is 0.647. The molecule has 1 atom stereocenters. The fourth-order valence-electron chi connectivity index (χ4n) is 1.71. The van der Waals surface area contributed by atoms with Gasteiger partial charge in [0.25, 0.3) is 0 Å². The van der Waals surface area contributed by atoms with Crippen molar-refractivity contribution in [2.45, 2.75) is 32.7 Å². The van der Waals surface area contributed by atoms with E-state index >= 15 is 0 Å². The van der Waals surface area contributed by atoms with Crippen LogP contribution in [-0.2, 0) is 9.59 Å². The molecular weight excluding hydrogens is 180 g/mol. The number of nitrogens with zero attached hydrogens (tertiary/aromatic N) is 2. The number of rotatable bonds is 2. The molecule has 1 rings (SSSR count). The number of likely N-dealkylation sites (N-methyl/N-ethyl adjacent to an activating group) is 1. The summed E-state index contributed by atoms with van der Waals surface area (Å²) < 4.78 is 0. The molecule has 0 aliphatic carbocycles. The van der Waals surface area contributed by atoms with Crippen LogP contribution in [0, 0.1) is 0 Å². The van der Waals surface area contributed by atoms with Crippen molar-refractivity contribution in [3.63, 3.8) is 0 Å². The minimum atomic E-state index is -0.284. The zero-order chi connectivity index (χ0) is 10.7. The van der Waals surface area contributed by atoms with Crippen molar-refractivity contribution in [1.82, 2.24) is 9.80 Å². The van der Waals surface area contributed by atoms with Crippen LogP contribution in [0.5, 0.6) is 0 Å². The molecule has 0 spiro atoms. The van der Waals surface area contributed by atoms with Gasteiger partial charge in [-0.1, -0.05) is 6.92 Å². The summed E-state index contributed by atoms with van der Waals surface area (Å²) in [5.41, 5.74) is 0. The lowest BCUT2D eigenvalue weighted by molar-refractivity contribution is -0.149. The molecule has 14 heavy (non-hydrogen) atoms. The lowest BCUT2D eigenvalue weighted by Crippen LogP contribution is -2.56. The van der Waals surface area contributed by atoms with E-state index in [-0.39, 0.29) is 17.9 Å². The standard InChI is InChI=1S/C10H18N2O2/c1-4-5-9(13)12-7-6-11(3)10(14)8(12)2/h8H,4-7H2,1-3H3. The maximum atomic E-state index is 11.6. The molecule has 4 nitrogen and oxygen atoms in total. The summed E-state index contributed by atoms with van der Waals surface area (Å²) in [6.07, 6.45) is 1.38. The molecule has 0 N–H and O–H groups in total. The van der Waals surface area contributed by atoms with Gasteiger partial charge < -0.3 is 9.80 Å². The van der Waals surface area contributed by atoms with E-state index in [9.17, 15) is 9.59 Å². The molecular formula is C10H18N2O2. The Morgan fingerprint density at radius 1 is 1.50 bits per heavy atom. The van der Waals surface area contributed by atoms with Gasteiger partial charge in [-0.25, -0.2) is 0 Å². The molecule has 80 valence electrons. The SMILES string of the molecule is CCCC(=O)N1CCN(C)C(=O)C1C. The Balaban J connectivity index is 2.63. The molecule has 1 aliphatic heterocycles. The molecule has 1 saturated heterocycles. The first kappa shape index (κ1) is 11.0. The highest BCUT2D eigenvalue weighted by Gasteiger charge is 2.31. The first-order valence-corrected chi connectivity index (χ1v) is 5.12. The number of piperazine rings is 1. The third kappa shape index (κ3) is 2.05. The van der Waals surface area contributed by atoms with E-state index in [1.807, 2.05) is 6.92 Å². The van der Waals surface area contributed by atoms with Crippen LogP contribution >= 0.6 is 0 Å². The van der Waals surface area contributed by atoms with Crippen molar-refractivity contribution in [2.24, 2.45) is 0 Å². The fraction of sp³-hybridized carbons (Fsp3) is 0.800. The Morgan fingerprint density at radius 3 is 2.71 bits per heavy atom. The van der Waals surface area contributed by atoms with Gasteiger partial charge >= 0.3 is 0 Å². The summed E-state index contributed by atoms with van der Waals surface area (Å²) in [4.78, 5) is 26.6. The second kappa shape index (κ2) is 4.44. The topological polar surface area (TPSA) is 40.6 Å². The van der Waals surface area contributed by atoms with Crippen LogP contribution in [0.2, 0.25) is 0 Å². The number of hydrogen-bond acceptors (Lipinski definition) is 2. The molecule has 0 aromatic carbocycles. The Morgan fingerprint density at radius 2 is 2.14 bits per heavy atom. The molecule has 1 fully saturated rings. The van der Waals surface area contributed by atoms with Crippen molar-refractivity contribution in [3.8, 4) is 0 Å². The molecule has 0 aromatic rings. The fourth-order valence-corrected chi connectivity index (χ4v) is 1.71. The molecule has 0 radical (unpaired) electrons. The summed E-state index contributed by atoms with van der Waals surface area (Å²) in [6, 6.07) is -0.284. The van der Waals surface area contributed by atoms with Crippen molar-refractivity contribution in [3.05, 3.63) is 0 Å². The van der Waals surface area contributed by atoms with Gasteiger partial charge in [-0.15, -0.1) is 0 Å². The van der Waals surface area contributed by atoms with Crippen LogP contribution < -0.4 is 0 Å². The second-order valence-corrected chi connectivity index (χ2v) is 3.77. The molecule has 0 bridgehead atoms. The van der Waals surface area contributed by atoms with E-state index in [1.54, 1.807) is 23.8 Å². The summed E-state index contributed by atoms with van der Waals surface area (Å²) in [5, 5.41) is 0. The van der Waals surface area contributed by atoms with E-state index in [2.05, 4.69) is 0 Å². The first-order valence-electron chi connectivity index (χ1n) is 5.12. The van der Waals surface area contributed by atoms with E-state index in [4.69, 9.17) is 0 Å². The Bertz CT molecular complexity index is 240. The van der Waals surface area contributed by atoms with Gasteiger partial charge in [0.1, 0.15) is 6.04 Å². The van der Waals surface area contributed by atoms with Gasteiger partial charge in [0.2, 0.25) is 11.8 Å². The number of hydrogen-bond donors (Lipinski definition) is 0. The highest BCUT2D eigenvalue weighted by molar-refractivity contribution is 5.88. The molecule has 2 amide bonds. The van der Waals surface area contributed by atoms with Crippen LogP contribution in [0.25, 0.3) is 0 Å². The lowest BCUT2D eigenvalue weighted by atomic mass is 10.1. The van der Waals surface area contributed by atoms with Gasteiger partial charge in [-0.2, -0.15) is 0 Å². The van der Waals surface area contributed by atoms with Gasteiger partial charge in [-0.05, 0) is 13.3 Å². The minimum absolute atomic E-state index is 0.0423. The largest absolute Gasteiger partial charge is 0.342 e. The first-order chi connectivity index (χ1) is 6.57. The van der Waals surface area contributed by atoms with Crippen LogP contribution in [0.15, 0.2) is 0 Å². The predicted octanol–water partition coefficient (Wildman–Crippen LogP) is 0.476. The third-order valence-electron chi connectivity index (χ3n) is 2.66. The van der Waals surface area contributed by atoms with E-state index < -0.39 is 0 Å². The normalized spacial score (nSPS) is 22.8. The zero-order valence-electron chi connectivity index (χ0n) is 9.12. The lowest BCUT2D eigenvalue weighted by Gasteiger charge is -2.37. The zero-order valence-corrected chi connectivity index (χ0v) is 9.12. The van der Waals surface area contributed by atoms with Crippen molar-refractivity contribution < 1.29 is 9.59 Å². The van der Waals surface area contributed by atoms with E-state index in [0.717, 1.165) is 6.42 Å². The van der Waals surface area contributed by atoms with Crippen LogP contribution in [0.1, 0.15) is 26.7 Å². The smallest absolute Gasteiger partial charge is 0.244 e. The molecule has 0 saturated carbocycles. The molecule has 0 aromatic heterocycles. The summed E-state index contributed by atoms with van der Waals surface area (Å²) in [5.74, 6) is 0.141. The molecule has 4 heteroatoms.